The van der Waals surface area contributed by atoms with E-state index < -0.39 is 69.6 Å². The maximum absolute atomic E-state index is 14.8. The molecular weight excluding hydrogens is 524 g/mol. The average molecular weight is 546 g/mol. The Morgan fingerprint density at radius 3 is 2.05 bits per heavy atom. The van der Waals surface area contributed by atoms with E-state index in [1.807, 2.05) is 6.92 Å². The first-order valence-corrected chi connectivity index (χ1v) is 11.7. The number of benzene rings is 3. The van der Waals surface area contributed by atoms with E-state index in [9.17, 15) is 35.1 Å². The molecule has 0 aromatic heterocycles. The third kappa shape index (κ3) is 5.94. The maximum atomic E-state index is 14.8. The lowest BCUT2D eigenvalue weighted by Gasteiger charge is -2.29. The second-order valence-electron chi connectivity index (χ2n) is 8.80. The van der Waals surface area contributed by atoms with Crippen LogP contribution in [-0.4, -0.2) is 19.8 Å². The van der Waals surface area contributed by atoms with Crippen molar-refractivity contribution in [3.63, 3.8) is 0 Å². The summed E-state index contributed by atoms with van der Waals surface area (Å²) in [6, 6.07) is 4.63. The number of rotatable bonds is 8. The van der Waals surface area contributed by atoms with Crippen LogP contribution in [-0.2, 0) is 15.6 Å². The van der Waals surface area contributed by atoms with Crippen LogP contribution in [0.15, 0.2) is 42.5 Å². The molecule has 0 amide bonds. The Morgan fingerprint density at radius 1 is 0.842 bits per heavy atom. The molecule has 3 nitrogen and oxygen atoms in total. The standard InChI is InChI=1S/C27H22F8O3/c1-2-36-12-14-3-6-24(37-13-14)16-9-20(29)25(21(30)10-16)27(34,35)38-17-4-5-18(19(28)11-17)15-7-22(31)26(33)23(32)8-15/h4-5,7-11,14,24H,2-3,6,12-13H2,1H3. The van der Waals surface area contributed by atoms with Gasteiger partial charge in [-0.2, -0.15) is 8.78 Å². The van der Waals surface area contributed by atoms with Crippen molar-refractivity contribution in [1.82, 2.24) is 0 Å². The molecule has 0 bridgehead atoms. The topological polar surface area (TPSA) is 27.7 Å². The van der Waals surface area contributed by atoms with Crippen LogP contribution >= 0.6 is 0 Å². The lowest BCUT2D eigenvalue weighted by atomic mass is 9.94. The van der Waals surface area contributed by atoms with Gasteiger partial charge in [0, 0.05) is 24.2 Å². The monoisotopic (exact) mass is 546 g/mol. The van der Waals surface area contributed by atoms with E-state index in [0.29, 0.717) is 44.3 Å². The van der Waals surface area contributed by atoms with Crippen molar-refractivity contribution in [2.45, 2.75) is 32.0 Å². The second-order valence-corrected chi connectivity index (χ2v) is 8.80. The van der Waals surface area contributed by atoms with Crippen LogP contribution in [0.25, 0.3) is 11.1 Å². The second kappa shape index (κ2) is 11.3. The van der Waals surface area contributed by atoms with Crippen molar-refractivity contribution in [2.75, 3.05) is 19.8 Å². The van der Waals surface area contributed by atoms with Gasteiger partial charge in [0.15, 0.2) is 17.5 Å². The van der Waals surface area contributed by atoms with E-state index in [-0.39, 0.29) is 18.1 Å². The SMILES string of the molecule is CCOCC1CCC(c2cc(F)c(C(F)(F)Oc3ccc(-c4cc(F)c(F)c(F)c4)c(F)c3)c(F)c2)OC1. The Labute approximate surface area is 212 Å². The van der Waals surface area contributed by atoms with Gasteiger partial charge < -0.3 is 14.2 Å². The van der Waals surface area contributed by atoms with Crippen molar-refractivity contribution in [3.05, 3.63) is 88.5 Å². The van der Waals surface area contributed by atoms with Crippen LogP contribution in [0.2, 0.25) is 0 Å². The van der Waals surface area contributed by atoms with E-state index in [4.69, 9.17) is 9.47 Å². The zero-order valence-corrected chi connectivity index (χ0v) is 20.0. The number of ether oxygens (including phenoxy) is 3. The van der Waals surface area contributed by atoms with E-state index in [0.717, 1.165) is 24.3 Å². The number of hydrogen-bond acceptors (Lipinski definition) is 3. The summed E-state index contributed by atoms with van der Waals surface area (Å²) < 4.78 is 129. The molecule has 3 aromatic rings. The molecule has 38 heavy (non-hydrogen) atoms. The summed E-state index contributed by atoms with van der Waals surface area (Å²) in [5, 5.41) is 0. The highest BCUT2D eigenvalue weighted by molar-refractivity contribution is 5.65. The lowest BCUT2D eigenvalue weighted by Crippen LogP contribution is -2.27. The molecule has 11 heteroatoms. The molecule has 0 radical (unpaired) electrons. The van der Waals surface area contributed by atoms with E-state index in [1.165, 1.54) is 0 Å². The summed E-state index contributed by atoms with van der Waals surface area (Å²) in [5.41, 5.74) is -2.49. The molecule has 1 aliphatic rings. The van der Waals surface area contributed by atoms with Gasteiger partial charge in [0.25, 0.3) is 0 Å². The molecule has 204 valence electrons. The minimum atomic E-state index is -4.55. The Balaban J connectivity index is 1.52. The van der Waals surface area contributed by atoms with E-state index >= 15 is 0 Å². The smallest absolute Gasteiger partial charge is 0.429 e. The first-order chi connectivity index (χ1) is 18.0. The molecule has 3 aromatic carbocycles. The highest BCUT2D eigenvalue weighted by Gasteiger charge is 2.42. The maximum Gasteiger partial charge on any atom is 0.432 e. The van der Waals surface area contributed by atoms with Crippen molar-refractivity contribution in [3.8, 4) is 16.9 Å². The van der Waals surface area contributed by atoms with Gasteiger partial charge in [0.1, 0.15) is 28.8 Å². The van der Waals surface area contributed by atoms with Gasteiger partial charge in [-0.15, -0.1) is 0 Å². The minimum absolute atomic E-state index is 0.0450. The summed E-state index contributed by atoms with van der Waals surface area (Å²) in [6.07, 6.45) is -4.17. The Kier molecular flexibility index (Phi) is 8.27. The van der Waals surface area contributed by atoms with Crippen LogP contribution in [0.4, 0.5) is 35.1 Å². The van der Waals surface area contributed by atoms with Gasteiger partial charge in [-0.25, -0.2) is 26.3 Å². The fourth-order valence-corrected chi connectivity index (χ4v) is 4.25. The third-order valence-corrected chi connectivity index (χ3v) is 6.14. The third-order valence-electron chi connectivity index (χ3n) is 6.14. The van der Waals surface area contributed by atoms with Crippen molar-refractivity contribution < 1.29 is 49.3 Å². The van der Waals surface area contributed by atoms with Crippen LogP contribution in [0, 0.1) is 40.8 Å². The summed E-state index contributed by atoms with van der Waals surface area (Å²) in [6.45, 7) is 3.16. The zero-order chi connectivity index (χ0) is 27.6. The Morgan fingerprint density at radius 2 is 1.50 bits per heavy atom. The molecule has 0 spiro atoms. The van der Waals surface area contributed by atoms with Crippen molar-refractivity contribution >= 4 is 0 Å². The summed E-state index contributed by atoms with van der Waals surface area (Å²) in [5.74, 6) is -10.0. The van der Waals surface area contributed by atoms with Crippen molar-refractivity contribution in [1.29, 1.82) is 0 Å². The van der Waals surface area contributed by atoms with Gasteiger partial charge in [-0.3, -0.25) is 0 Å². The first-order valence-electron chi connectivity index (χ1n) is 11.7. The summed E-state index contributed by atoms with van der Waals surface area (Å²) in [4.78, 5) is 0. The molecule has 0 saturated carbocycles. The van der Waals surface area contributed by atoms with E-state index in [2.05, 4.69) is 4.74 Å². The molecule has 4 rings (SSSR count). The minimum Gasteiger partial charge on any atom is -0.429 e. The van der Waals surface area contributed by atoms with Crippen LogP contribution in [0.5, 0.6) is 5.75 Å². The first kappa shape index (κ1) is 27.8. The van der Waals surface area contributed by atoms with Gasteiger partial charge in [0.2, 0.25) is 0 Å². The Bertz CT molecular complexity index is 1260. The number of alkyl halides is 2. The molecule has 1 heterocycles. The molecule has 0 aliphatic carbocycles. The summed E-state index contributed by atoms with van der Waals surface area (Å²) in [7, 11) is 0. The number of halogens is 8. The van der Waals surface area contributed by atoms with Gasteiger partial charge in [-0.05, 0) is 67.3 Å². The molecule has 1 saturated heterocycles. The quantitative estimate of drug-likeness (QED) is 0.213. The summed E-state index contributed by atoms with van der Waals surface area (Å²) >= 11 is 0. The molecule has 2 unspecified atom stereocenters. The van der Waals surface area contributed by atoms with E-state index in [1.54, 1.807) is 0 Å². The molecule has 1 fully saturated rings. The largest absolute Gasteiger partial charge is 0.432 e. The van der Waals surface area contributed by atoms with Gasteiger partial charge in [-0.1, -0.05) is 0 Å². The normalized spacial score (nSPS) is 18.0. The van der Waals surface area contributed by atoms with Gasteiger partial charge >= 0.3 is 6.11 Å². The van der Waals surface area contributed by atoms with Crippen LogP contribution < -0.4 is 4.74 Å². The predicted octanol–water partition coefficient (Wildman–Crippen LogP) is 7.82. The Hall–Kier alpha value is -3.18. The van der Waals surface area contributed by atoms with Crippen molar-refractivity contribution in [2.24, 2.45) is 5.92 Å². The highest BCUT2D eigenvalue weighted by atomic mass is 19.3. The molecule has 0 N–H and O–H groups in total. The van der Waals surface area contributed by atoms with Gasteiger partial charge in [0.05, 0.1) is 19.3 Å². The number of hydrogen-bond donors (Lipinski definition) is 0. The molecule has 2 atom stereocenters. The average Bonchev–Trinajstić information content (AvgIpc) is 2.85. The lowest BCUT2D eigenvalue weighted by molar-refractivity contribution is -0.189. The highest BCUT2D eigenvalue weighted by Crippen LogP contribution is 2.39. The fourth-order valence-electron chi connectivity index (χ4n) is 4.25. The predicted molar refractivity (Wildman–Crippen MR) is 121 cm³/mol. The van der Waals surface area contributed by atoms with Crippen LogP contribution in [0.1, 0.15) is 37.0 Å². The zero-order valence-electron chi connectivity index (χ0n) is 20.0. The molecule has 1 aliphatic heterocycles. The molecular formula is C27H22F8O3. The van der Waals surface area contributed by atoms with Crippen LogP contribution in [0.3, 0.4) is 0 Å². The fraction of sp³-hybridized carbons (Fsp3) is 0.333.